The molecule has 2 aromatic carbocycles. The molecule has 3 aliphatic heterocycles. The Morgan fingerprint density at radius 2 is 1.92 bits per heavy atom. The van der Waals surface area contributed by atoms with E-state index in [1.165, 1.54) is 12.1 Å². The lowest BCUT2D eigenvalue weighted by Crippen LogP contribution is -2.47. The van der Waals surface area contributed by atoms with Crippen LogP contribution in [0.25, 0.3) is 11.1 Å². The van der Waals surface area contributed by atoms with Gasteiger partial charge in [0.25, 0.3) is 5.91 Å². The van der Waals surface area contributed by atoms with Crippen LogP contribution in [0.4, 0.5) is 4.39 Å². The number of dihydropyridines is 1. The van der Waals surface area contributed by atoms with Gasteiger partial charge < -0.3 is 25.0 Å². The van der Waals surface area contributed by atoms with Crippen LogP contribution in [-0.2, 0) is 9.59 Å². The lowest BCUT2D eigenvalue weighted by Gasteiger charge is -2.37. The molecule has 0 aliphatic carbocycles. The number of nitrogens with zero attached hydrogens (tertiary/aromatic N) is 2. The van der Waals surface area contributed by atoms with Crippen molar-refractivity contribution in [3.8, 4) is 16.9 Å². The molecule has 0 unspecified atom stereocenters. The fourth-order valence-corrected chi connectivity index (χ4v) is 5.31. The maximum Gasteiger partial charge on any atom is 0.306 e. The number of piperidine rings is 1. The number of carbonyl (C=O) groups excluding carboxylic acids is 2. The van der Waals surface area contributed by atoms with Gasteiger partial charge in [-0.3, -0.25) is 14.4 Å². The summed E-state index contributed by atoms with van der Waals surface area (Å²) in [5.74, 6) is -1.56. The van der Waals surface area contributed by atoms with Gasteiger partial charge in [0.15, 0.2) is 0 Å². The number of hydrogen-bond donors (Lipinski definition) is 2. The van der Waals surface area contributed by atoms with Crippen molar-refractivity contribution >= 4 is 29.4 Å². The molecule has 5 rings (SSSR count). The number of benzene rings is 2. The number of ether oxygens (including phenoxy) is 1. The first-order chi connectivity index (χ1) is 18.3. The summed E-state index contributed by atoms with van der Waals surface area (Å²) in [5, 5.41) is 12.7. The summed E-state index contributed by atoms with van der Waals surface area (Å²) in [6.07, 6.45) is 3.17. The first kappa shape index (κ1) is 25.8. The SMILES string of the molecule is O=C(O)CCOc1ccccc1-c1ccc(C(=O)N2CCC(N3C(=O)CC4=C3C=C(Cl)CN4)CC2)c(F)c1. The number of nitrogens with one attached hydrogen (secondary N) is 1. The highest BCUT2D eigenvalue weighted by atomic mass is 35.5. The number of carbonyl (C=O) groups is 3. The molecule has 8 nitrogen and oxygen atoms in total. The molecule has 1 fully saturated rings. The van der Waals surface area contributed by atoms with Crippen LogP contribution in [0.5, 0.6) is 5.75 Å². The van der Waals surface area contributed by atoms with Gasteiger partial charge in [0.2, 0.25) is 5.91 Å². The zero-order chi connectivity index (χ0) is 26.8. The van der Waals surface area contributed by atoms with Crippen LogP contribution in [-0.4, -0.2) is 65.0 Å². The van der Waals surface area contributed by atoms with Gasteiger partial charge >= 0.3 is 5.97 Å². The zero-order valence-electron chi connectivity index (χ0n) is 20.6. The van der Waals surface area contributed by atoms with Crippen LogP contribution in [0.1, 0.15) is 36.0 Å². The van der Waals surface area contributed by atoms with E-state index in [2.05, 4.69) is 5.32 Å². The van der Waals surface area contributed by atoms with Crippen molar-refractivity contribution in [3.63, 3.8) is 0 Å². The third kappa shape index (κ3) is 5.24. The molecule has 38 heavy (non-hydrogen) atoms. The lowest BCUT2D eigenvalue weighted by atomic mass is 9.99. The van der Waals surface area contributed by atoms with Crippen LogP contribution in [0.3, 0.4) is 0 Å². The fourth-order valence-electron chi connectivity index (χ4n) is 5.14. The molecule has 2 N–H and O–H groups in total. The van der Waals surface area contributed by atoms with Crippen molar-refractivity contribution in [1.82, 2.24) is 15.1 Å². The highest BCUT2D eigenvalue weighted by Gasteiger charge is 2.38. The highest BCUT2D eigenvalue weighted by Crippen LogP contribution is 2.34. The summed E-state index contributed by atoms with van der Waals surface area (Å²) in [4.78, 5) is 40.1. The molecule has 0 saturated carbocycles. The molecular formula is C28H27ClFN3O5. The predicted octanol–water partition coefficient (Wildman–Crippen LogP) is 4.12. The topological polar surface area (TPSA) is 99.2 Å². The Morgan fingerprint density at radius 3 is 2.66 bits per heavy atom. The molecule has 2 aromatic rings. The minimum atomic E-state index is -0.971. The van der Waals surface area contributed by atoms with Gasteiger partial charge in [-0.1, -0.05) is 35.9 Å². The van der Waals surface area contributed by atoms with Crippen molar-refractivity contribution < 1.29 is 28.6 Å². The Bertz CT molecular complexity index is 1350. The number of hydrogen-bond acceptors (Lipinski definition) is 5. The van der Waals surface area contributed by atoms with E-state index in [4.69, 9.17) is 21.4 Å². The van der Waals surface area contributed by atoms with Crippen LogP contribution in [0.15, 0.2) is 65.0 Å². The third-order valence-corrected chi connectivity index (χ3v) is 7.26. The molecule has 0 atom stereocenters. The minimum absolute atomic E-state index is 0.0111. The quantitative estimate of drug-likeness (QED) is 0.549. The second-order valence-electron chi connectivity index (χ2n) is 9.46. The van der Waals surface area contributed by atoms with Crippen molar-refractivity contribution in [3.05, 3.63) is 76.3 Å². The van der Waals surface area contributed by atoms with Crippen LogP contribution < -0.4 is 10.1 Å². The van der Waals surface area contributed by atoms with E-state index >= 15 is 4.39 Å². The van der Waals surface area contributed by atoms with E-state index in [1.807, 2.05) is 6.08 Å². The number of likely N-dealkylation sites (tertiary alicyclic amines) is 1. The minimum Gasteiger partial charge on any atom is -0.492 e. The Morgan fingerprint density at radius 1 is 1.16 bits per heavy atom. The second-order valence-corrected chi connectivity index (χ2v) is 9.94. The summed E-state index contributed by atoms with van der Waals surface area (Å²) in [6.45, 7) is 1.31. The van der Waals surface area contributed by atoms with E-state index in [9.17, 15) is 14.4 Å². The zero-order valence-corrected chi connectivity index (χ0v) is 21.3. The Hall–Kier alpha value is -3.85. The number of aliphatic carboxylic acids is 1. The largest absolute Gasteiger partial charge is 0.492 e. The Kier molecular flexibility index (Phi) is 7.37. The molecule has 0 aromatic heterocycles. The van der Waals surface area contributed by atoms with Gasteiger partial charge in [0, 0.05) is 35.4 Å². The van der Waals surface area contributed by atoms with E-state index in [1.54, 1.807) is 40.1 Å². The molecule has 2 amide bonds. The van der Waals surface area contributed by atoms with E-state index in [-0.39, 0.29) is 30.5 Å². The average Bonchev–Trinajstić information content (AvgIpc) is 3.23. The van der Waals surface area contributed by atoms with Crippen LogP contribution >= 0.6 is 11.6 Å². The molecular weight excluding hydrogens is 513 g/mol. The molecule has 10 heteroatoms. The van der Waals surface area contributed by atoms with Crippen LogP contribution in [0, 0.1) is 5.82 Å². The molecule has 0 bridgehead atoms. The number of halogens is 2. The van der Waals surface area contributed by atoms with Crippen molar-refractivity contribution in [1.29, 1.82) is 0 Å². The van der Waals surface area contributed by atoms with Crippen molar-refractivity contribution in [2.75, 3.05) is 26.2 Å². The maximum atomic E-state index is 15.2. The summed E-state index contributed by atoms with van der Waals surface area (Å²) in [7, 11) is 0. The monoisotopic (exact) mass is 539 g/mol. The number of para-hydroxylation sites is 1. The average molecular weight is 540 g/mol. The molecule has 3 aliphatic rings. The van der Waals surface area contributed by atoms with Gasteiger partial charge in [-0.05, 0) is 42.7 Å². The molecule has 198 valence electrons. The Balaban J connectivity index is 1.26. The van der Waals surface area contributed by atoms with Crippen LogP contribution in [0.2, 0.25) is 0 Å². The summed E-state index contributed by atoms with van der Waals surface area (Å²) >= 11 is 6.18. The molecule has 0 radical (unpaired) electrons. The number of amides is 2. The molecule has 1 saturated heterocycles. The van der Waals surface area contributed by atoms with Gasteiger partial charge in [0.05, 0.1) is 37.3 Å². The second kappa shape index (κ2) is 10.9. The lowest BCUT2D eigenvalue weighted by molar-refractivity contribution is -0.137. The van der Waals surface area contributed by atoms with Crippen molar-refractivity contribution in [2.45, 2.75) is 31.7 Å². The third-order valence-electron chi connectivity index (χ3n) is 7.02. The standard InChI is InChI=1S/C28H27ClFN3O5/c29-18-14-24-23(31-16-18)15-26(34)33(24)19-7-10-32(11-8-19)28(37)21-6-5-17(13-22(21)30)20-3-1-2-4-25(20)38-12-9-27(35)36/h1-6,13-14,19,31H,7-12,15-16H2,(H,35,36). The van der Waals surface area contributed by atoms with Gasteiger partial charge in [-0.25, -0.2) is 4.39 Å². The van der Waals surface area contributed by atoms with Gasteiger partial charge in [-0.15, -0.1) is 0 Å². The number of carboxylic acid groups (broad SMARTS) is 1. The maximum absolute atomic E-state index is 15.2. The summed E-state index contributed by atoms with van der Waals surface area (Å²) in [6, 6.07) is 11.3. The number of allylic oxidation sites excluding steroid dienone is 1. The van der Waals surface area contributed by atoms with Gasteiger partial charge in [0.1, 0.15) is 11.6 Å². The fraction of sp³-hybridized carbons (Fsp3) is 0.321. The van der Waals surface area contributed by atoms with E-state index in [0.29, 0.717) is 60.8 Å². The van der Waals surface area contributed by atoms with Gasteiger partial charge in [-0.2, -0.15) is 0 Å². The Labute approximate surface area is 224 Å². The number of rotatable bonds is 7. The molecule has 3 heterocycles. The highest BCUT2D eigenvalue weighted by molar-refractivity contribution is 6.30. The normalized spacial score (nSPS) is 17.7. The summed E-state index contributed by atoms with van der Waals surface area (Å²) in [5.41, 5.74) is 2.80. The first-order valence-electron chi connectivity index (χ1n) is 12.5. The van der Waals surface area contributed by atoms with E-state index in [0.717, 1.165) is 11.4 Å². The van der Waals surface area contributed by atoms with E-state index < -0.39 is 17.7 Å². The number of carboxylic acids is 1. The predicted molar refractivity (Wildman–Crippen MR) is 139 cm³/mol. The van der Waals surface area contributed by atoms with Crippen molar-refractivity contribution in [2.24, 2.45) is 0 Å². The molecule has 0 spiro atoms. The smallest absolute Gasteiger partial charge is 0.306 e. The first-order valence-corrected chi connectivity index (χ1v) is 12.9. The summed E-state index contributed by atoms with van der Waals surface area (Å²) < 4.78 is 20.8.